The smallest absolute Gasteiger partial charge is 0.340 e. The molecule has 1 amide bonds. The first-order chi connectivity index (χ1) is 12.9. The van der Waals surface area contributed by atoms with Gasteiger partial charge < -0.3 is 19.3 Å². The number of piperidine rings is 1. The van der Waals surface area contributed by atoms with Crippen LogP contribution in [0, 0.1) is 6.92 Å². The van der Waals surface area contributed by atoms with Crippen molar-refractivity contribution in [3.63, 3.8) is 0 Å². The van der Waals surface area contributed by atoms with Crippen LogP contribution >= 0.6 is 0 Å². The highest BCUT2D eigenvalue weighted by atomic mass is 16.5. The minimum atomic E-state index is -0.446. The van der Waals surface area contributed by atoms with Crippen LogP contribution in [0.15, 0.2) is 12.1 Å². The summed E-state index contributed by atoms with van der Waals surface area (Å²) in [5.74, 6) is 0.147. The predicted octanol–water partition coefficient (Wildman–Crippen LogP) is 3.28. The lowest BCUT2D eigenvalue weighted by atomic mass is 10.0. The maximum absolute atomic E-state index is 13.3. The molecule has 1 aromatic carbocycles. The SMILES string of the molecule is CCOC(=O)c1cc(OC)cc(C)c1NC(=O)C1([N+]2(C)CCCCC2)CC1. The summed E-state index contributed by atoms with van der Waals surface area (Å²) in [5, 5.41) is 3.08. The average Bonchev–Trinajstić information content (AvgIpc) is 3.46. The summed E-state index contributed by atoms with van der Waals surface area (Å²) in [6.45, 7) is 6.00. The number of carbonyl (C=O) groups excluding carboxylic acids is 2. The molecule has 0 radical (unpaired) electrons. The van der Waals surface area contributed by atoms with Crippen molar-refractivity contribution in [1.82, 2.24) is 0 Å². The molecule has 1 heterocycles. The van der Waals surface area contributed by atoms with Crippen LogP contribution in [0.3, 0.4) is 0 Å². The Labute approximate surface area is 161 Å². The Morgan fingerprint density at radius 3 is 2.41 bits per heavy atom. The number of benzene rings is 1. The Bertz CT molecular complexity index is 734. The zero-order chi connectivity index (χ0) is 19.7. The van der Waals surface area contributed by atoms with E-state index in [-0.39, 0.29) is 18.1 Å². The highest BCUT2D eigenvalue weighted by Crippen LogP contribution is 2.48. The summed E-state index contributed by atoms with van der Waals surface area (Å²) in [7, 11) is 3.77. The molecule has 0 spiro atoms. The monoisotopic (exact) mass is 375 g/mol. The highest BCUT2D eigenvalue weighted by Gasteiger charge is 2.64. The van der Waals surface area contributed by atoms with Gasteiger partial charge in [-0.1, -0.05) is 0 Å². The first-order valence-electron chi connectivity index (χ1n) is 9.89. The van der Waals surface area contributed by atoms with Gasteiger partial charge in [-0.2, -0.15) is 0 Å². The van der Waals surface area contributed by atoms with Crippen molar-refractivity contribution in [3.8, 4) is 5.75 Å². The second-order valence-electron chi connectivity index (χ2n) is 7.98. The number of aryl methyl sites for hydroxylation is 1. The van der Waals surface area contributed by atoms with Crippen LogP contribution in [-0.2, 0) is 9.53 Å². The van der Waals surface area contributed by atoms with Gasteiger partial charge in [0.1, 0.15) is 5.75 Å². The molecule has 1 saturated carbocycles. The van der Waals surface area contributed by atoms with Crippen LogP contribution < -0.4 is 10.1 Å². The van der Waals surface area contributed by atoms with E-state index in [2.05, 4.69) is 12.4 Å². The number of likely N-dealkylation sites (N-methyl/N-ethyl adjacent to an activating group) is 1. The number of likely N-dealkylation sites (tertiary alicyclic amines) is 1. The van der Waals surface area contributed by atoms with E-state index in [0.29, 0.717) is 17.0 Å². The fourth-order valence-corrected chi connectivity index (χ4v) is 4.41. The van der Waals surface area contributed by atoms with E-state index in [1.165, 1.54) is 19.3 Å². The standard InChI is InChI=1S/C21H30N2O4/c1-5-27-19(24)17-14-16(26-4)13-15(2)18(17)22-20(25)21(9-10-21)23(3)11-7-6-8-12-23/h13-14H,5-12H2,1-4H3/p+1. The van der Waals surface area contributed by atoms with E-state index in [0.717, 1.165) is 36.0 Å². The minimum absolute atomic E-state index is 0.0192. The third-order valence-corrected chi connectivity index (χ3v) is 6.26. The molecule has 6 nitrogen and oxygen atoms in total. The van der Waals surface area contributed by atoms with Crippen LogP contribution in [0.25, 0.3) is 0 Å². The molecule has 1 aromatic rings. The number of hydrogen-bond acceptors (Lipinski definition) is 4. The van der Waals surface area contributed by atoms with Crippen molar-refractivity contribution in [2.75, 3.05) is 39.2 Å². The molecule has 0 atom stereocenters. The Kier molecular flexibility index (Phi) is 5.47. The van der Waals surface area contributed by atoms with Crippen LogP contribution in [0.4, 0.5) is 5.69 Å². The molecule has 27 heavy (non-hydrogen) atoms. The van der Waals surface area contributed by atoms with Crippen molar-refractivity contribution in [2.24, 2.45) is 0 Å². The lowest BCUT2D eigenvalue weighted by molar-refractivity contribution is -0.938. The van der Waals surface area contributed by atoms with Crippen molar-refractivity contribution in [3.05, 3.63) is 23.3 Å². The number of quaternary nitrogens is 1. The Morgan fingerprint density at radius 1 is 1.19 bits per heavy atom. The molecule has 1 aliphatic carbocycles. The zero-order valence-electron chi connectivity index (χ0n) is 16.9. The Hall–Kier alpha value is -2.08. The molecule has 1 saturated heterocycles. The molecule has 1 N–H and O–H groups in total. The minimum Gasteiger partial charge on any atom is -0.497 e. The van der Waals surface area contributed by atoms with Gasteiger partial charge in [0.25, 0.3) is 5.91 Å². The number of methoxy groups -OCH3 is 1. The van der Waals surface area contributed by atoms with Crippen molar-refractivity contribution < 1.29 is 23.5 Å². The molecular weight excluding hydrogens is 344 g/mol. The third kappa shape index (κ3) is 3.55. The number of hydrogen-bond donors (Lipinski definition) is 1. The topological polar surface area (TPSA) is 64.6 Å². The van der Waals surface area contributed by atoms with Crippen molar-refractivity contribution in [1.29, 1.82) is 0 Å². The number of nitrogens with zero attached hydrogens (tertiary/aromatic N) is 1. The quantitative estimate of drug-likeness (QED) is 0.612. The van der Waals surface area contributed by atoms with E-state index in [1.54, 1.807) is 20.1 Å². The van der Waals surface area contributed by atoms with E-state index in [4.69, 9.17) is 9.47 Å². The first kappa shape index (κ1) is 19.7. The number of amides is 1. The number of esters is 1. The highest BCUT2D eigenvalue weighted by molar-refractivity contribution is 6.06. The van der Waals surface area contributed by atoms with Gasteiger partial charge in [-0.25, -0.2) is 4.79 Å². The molecule has 3 rings (SSSR count). The largest absolute Gasteiger partial charge is 0.497 e. The lowest BCUT2D eigenvalue weighted by Gasteiger charge is -2.44. The van der Waals surface area contributed by atoms with E-state index >= 15 is 0 Å². The molecule has 0 unspecified atom stereocenters. The molecule has 1 aliphatic heterocycles. The van der Waals surface area contributed by atoms with Crippen LogP contribution in [0.5, 0.6) is 5.75 Å². The number of anilines is 1. The van der Waals surface area contributed by atoms with Crippen molar-refractivity contribution >= 4 is 17.6 Å². The summed E-state index contributed by atoms with van der Waals surface area (Å²) in [4.78, 5) is 25.8. The van der Waals surface area contributed by atoms with Gasteiger partial charge in [-0.3, -0.25) is 4.79 Å². The second kappa shape index (κ2) is 7.50. The van der Waals surface area contributed by atoms with Gasteiger partial charge in [-0.05, 0) is 50.8 Å². The molecule has 2 aliphatic rings. The van der Waals surface area contributed by atoms with E-state index in [1.807, 2.05) is 13.0 Å². The summed E-state index contributed by atoms with van der Waals surface area (Å²) < 4.78 is 11.3. The Balaban J connectivity index is 1.90. The summed E-state index contributed by atoms with van der Waals surface area (Å²) in [6.07, 6.45) is 5.39. The number of ether oxygens (including phenoxy) is 2. The van der Waals surface area contributed by atoms with Crippen LogP contribution in [0.1, 0.15) is 54.9 Å². The van der Waals surface area contributed by atoms with Gasteiger partial charge in [0.2, 0.25) is 0 Å². The number of carbonyl (C=O) groups is 2. The van der Waals surface area contributed by atoms with E-state index < -0.39 is 5.97 Å². The predicted molar refractivity (Wildman–Crippen MR) is 104 cm³/mol. The summed E-state index contributed by atoms with van der Waals surface area (Å²) in [6, 6.07) is 3.46. The summed E-state index contributed by atoms with van der Waals surface area (Å²) in [5.41, 5.74) is 1.31. The normalized spacial score (nSPS) is 19.9. The van der Waals surface area contributed by atoms with Gasteiger partial charge in [-0.15, -0.1) is 0 Å². The molecule has 0 aromatic heterocycles. The molecule has 2 fully saturated rings. The summed E-state index contributed by atoms with van der Waals surface area (Å²) >= 11 is 0. The molecule has 6 heteroatoms. The Morgan fingerprint density at radius 2 is 1.85 bits per heavy atom. The molecular formula is C21H31N2O4+. The molecule has 0 bridgehead atoms. The molecule has 148 valence electrons. The average molecular weight is 375 g/mol. The van der Waals surface area contributed by atoms with Gasteiger partial charge >= 0.3 is 5.97 Å². The fraction of sp³-hybridized carbons (Fsp3) is 0.619. The van der Waals surface area contributed by atoms with Crippen LogP contribution in [0.2, 0.25) is 0 Å². The first-order valence-corrected chi connectivity index (χ1v) is 9.89. The second-order valence-corrected chi connectivity index (χ2v) is 7.98. The maximum atomic E-state index is 13.3. The number of nitrogens with one attached hydrogen (secondary N) is 1. The van der Waals surface area contributed by atoms with Gasteiger partial charge in [0, 0.05) is 12.8 Å². The van der Waals surface area contributed by atoms with Crippen LogP contribution in [-0.4, -0.2) is 55.8 Å². The zero-order valence-corrected chi connectivity index (χ0v) is 16.9. The fourth-order valence-electron chi connectivity index (χ4n) is 4.41. The van der Waals surface area contributed by atoms with Crippen molar-refractivity contribution in [2.45, 2.75) is 51.5 Å². The number of rotatable bonds is 6. The van der Waals surface area contributed by atoms with E-state index in [9.17, 15) is 9.59 Å². The third-order valence-electron chi connectivity index (χ3n) is 6.26. The maximum Gasteiger partial charge on any atom is 0.340 e. The van der Waals surface area contributed by atoms with Gasteiger partial charge in [0.15, 0.2) is 5.54 Å². The lowest BCUT2D eigenvalue weighted by Crippen LogP contribution is -2.61. The van der Waals surface area contributed by atoms with Gasteiger partial charge in [0.05, 0.1) is 45.1 Å².